The average Bonchev–Trinajstić information content (AvgIpc) is 2.29. The molecule has 52 valence electrons. The van der Waals surface area contributed by atoms with Gasteiger partial charge in [0, 0.05) is 0 Å². The van der Waals surface area contributed by atoms with Crippen LogP contribution in [0.25, 0.3) is 0 Å². The van der Waals surface area contributed by atoms with Crippen LogP contribution >= 0.6 is 0 Å². The molecule has 0 heterocycles. The monoisotopic (exact) mass is 124 g/mol. The van der Waals surface area contributed by atoms with Crippen LogP contribution in [0.5, 0.6) is 0 Å². The quantitative estimate of drug-likeness (QED) is 0.466. The van der Waals surface area contributed by atoms with Crippen LogP contribution < -0.4 is 0 Å². The highest BCUT2D eigenvalue weighted by atomic mass is 14.6. The maximum Gasteiger partial charge on any atom is -0.0243 e. The normalized spacial score (nSPS) is 56.7. The zero-order valence-electron chi connectivity index (χ0n) is 6.48. The van der Waals surface area contributed by atoms with Gasteiger partial charge in [0.1, 0.15) is 0 Å². The SMILES string of the molecule is CC1CCCC12CC2C. The molecule has 0 saturated heterocycles. The number of hydrogen-bond donors (Lipinski definition) is 0. The van der Waals surface area contributed by atoms with Crippen molar-refractivity contribution < 1.29 is 0 Å². The van der Waals surface area contributed by atoms with Crippen LogP contribution in [0.15, 0.2) is 0 Å². The van der Waals surface area contributed by atoms with Crippen LogP contribution in [0.3, 0.4) is 0 Å². The Labute approximate surface area is 57.6 Å². The summed E-state index contributed by atoms with van der Waals surface area (Å²) in [4.78, 5) is 0. The molecule has 3 atom stereocenters. The molecular weight excluding hydrogens is 108 g/mol. The van der Waals surface area contributed by atoms with E-state index in [0.29, 0.717) is 0 Å². The first-order valence-corrected chi connectivity index (χ1v) is 4.26. The molecule has 0 heteroatoms. The predicted molar refractivity (Wildman–Crippen MR) is 39.2 cm³/mol. The Bertz CT molecular complexity index is 128. The Morgan fingerprint density at radius 1 is 1.22 bits per heavy atom. The summed E-state index contributed by atoms with van der Waals surface area (Å²) < 4.78 is 0. The molecule has 0 radical (unpaired) electrons. The summed E-state index contributed by atoms with van der Waals surface area (Å²) in [6.07, 6.45) is 6.08. The van der Waals surface area contributed by atoms with Crippen LogP contribution in [0.4, 0.5) is 0 Å². The van der Waals surface area contributed by atoms with E-state index in [9.17, 15) is 0 Å². The van der Waals surface area contributed by atoms with Gasteiger partial charge in [0.25, 0.3) is 0 Å². The molecule has 1 spiro atoms. The Kier molecular flexibility index (Phi) is 0.980. The molecule has 9 heavy (non-hydrogen) atoms. The molecule has 2 aliphatic rings. The van der Waals surface area contributed by atoms with E-state index in [2.05, 4.69) is 13.8 Å². The molecular formula is C9H16. The Morgan fingerprint density at radius 2 is 1.89 bits per heavy atom. The first-order chi connectivity index (χ1) is 4.26. The van der Waals surface area contributed by atoms with E-state index in [-0.39, 0.29) is 0 Å². The van der Waals surface area contributed by atoms with Gasteiger partial charge < -0.3 is 0 Å². The Morgan fingerprint density at radius 3 is 2.11 bits per heavy atom. The minimum Gasteiger partial charge on any atom is -0.0620 e. The van der Waals surface area contributed by atoms with Gasteiger partial charge in [0.15, 0.2) is 0 Å². The second kappa shape index (κ2) is 1.53. The highest BCUT2D eigenvalue weighted by Gasteiger charge is 2.56. The van der Waals surface area contributed by atoms with Crippen LogP contribution in [-0.2, 0) is 0 Å². The molecule has 3 unspecified atom stereocenters. The maximum absolute atomic E-state index is 2.44. The fourth-order valence-electron chi connectivity index (χ4n) is 2.82. The lowest BCUT2D eigenvalue weighted by molar-refractivity contribution is 0.365. The third-order valence-electron chi connectivity index (χ3n) is 3.77. The van der Waals surface area contributed by atoms with Gasteiger partial charge in [0.05, 0.1) is 0 Å². The van der Waals surface area contributed by atoms with Gasteiger partial charge in [-0.05, 0) is 30.1 Å². The summed E-state index contributed by atoms with van der Waals surface area (Å²) in [5, 5.41) is 0. The topological polar surface area (TPSA) is 0 Å². The third-order valence-corrected chi connectivity index (χ3v) is 3.77. The zero-order chi connectivity index (χ0) is 6.48. The van der Waals surface area contributed by atoms with Gasteiger partial charge in [-0.25, -0.2) is 0 Å². The van der Waals surface area contributed by atoms with Gasteiger partial charge in [-0.2, -0.15) is 0 Å². The maximum atomic E-state index is 2.44. The molecule has 0 aliphatic heterocycles. The minimum atomic E-state index is 0.861. The van der Waals surface area contributed by atoms with E-state index in [1.807, 2.05) is 0 Å². The van der Waals surface area contributed by atoms with Crippen molar-refractivity contribution in [3.8, 4) is 0 Å². The van der Waals surface area contributed by atoms with Crippen LogP contribution in [0.2, 0.25) is 0 Å². The van der Waals surface area contributed by atoms with Crippen LogP contribution in [0, 0.1) is 17.3 Å². The summed E-state index contributed by atoms with van der Waals surface area (Å²) in [5.74, 6) is 2.11. The summed E-state index contributed by atoms with van der Waals surface area (Å²) in [6, 6.07) is 0. The van der Waals surface area contributed by atoms with E-state index in [1.165, 1.54) is 25.7 Å². The minimum absolute atomic E-state index is 0.861. The van der Waals surface area contributed by atoms with Crippen molar-refractivity contribution in [2.45, 2.75) is 39.5 Å². The van der Waals surface area contributed by atoms with E-state index in [1.54, 1.807) is 0 Å². The predicted octanol–water partition coefficient (Wildman–Crippen LogP) is 2.83. The lowest BCUT2D eigenvalue weighted by Crippen LogP contribution is -2.05. The average molecular weight is 124 g/mol. The van der Waals surface area contributed by atoms with Gasteiger partial charge in [-0.15, -0.1) is 0 Å². The fourth-order valence-corrected chi connectivity index (χ4v) is 2.82. The van der Waals surface area contributed by atoms with Crippen molar-refractivity contribution >= 4 is 0 Å². The second-order valence-electron chi connectivity index (χ2n) is 4.13. The van der Waals surface area contributed by atoms with E-state index >= 15 is 0 Å². The summed E-state index contributed by atoms with van der Waals surface area (Å²) in [5.41, 5.74) is 0.861. The van der Waals surface area contributed by atoms with Gasteiger partial charge >= 0.3 is 0 Å². The number of hydrogen-bond acceptors (Lipinski definition) is 0. The van der Waals surface area contributed by atoms with Crippen LogP contribution in [0.1, 0.15) is 39.5 Å². The molecule has 0 nitrogen and oxygen atoms in total. The molecule has 0 aromatic carbocycles. The third kappa shape index (κ3) is 0.595. The van der Waals surface area contributed by atoms with E-state index in [0.717, 1.165) is 17.3 Å². The smallest absolute Gasteiger partial charge is 0.0243 e. The largest absolute Gasteiger partial charge is 0.0620 e. The van der Waals surface area contributed by atoms with Crippen LogP contribution in [-0.4, -0.2) is 0 Å². The summed E-state index contributed by atoms with van der Waals surface area (Å²) in [7, 11) is 0. The molecule has 0 amide bonds. The van der Waals surface area contributed by atoms with Crippen molar-refractivity contribution in [1.82, 2.24) is 0 Å². The molecule has 0 N–H and O–H groups in total. The van der Waals surface area contributed by atoms with Crippen molar-refractivity contribution in [2.24, 2.45) is 17.3 Å². The molecule has 0 bridgehead atoms. The molecule has 2 saturated carbocycles. The van der Waals surface area contributed by atoms with Crippen molar-refractivity contribution in [3.63, 3.8) is 0 Å². The first kappa shape index (κ1) is 5.76. The van der Waals surface area contributed by atoms with Gasteiger partial charge in [-0.3, -0.25) is 0 Å². The molecule has 2 fully saturated rings. The lowest BCUT2D eigenvalue weighted by atomic mass is 9.92. The summed E-state index contributed by atoms with van der Waals surface area (Å²) >= 11 is 0. The standard InChI is InChI=1S/C9H16/c1-7-4-3-5-9(7)6-8(9)2/h7-8H,3-6H2,1-2H3. The first-order valence-electron chi connectivity index (χ1n) is 4.26. The van der Waals surface area contributed by atoms with Gasteiger partial charge in [-0.1, -0.05) is 26.7 Å². The fraction of sp³-hybridized carbons (Fsp3) is 1.00. The molecule has 2 aliphatic carbocycles. The number of rotatable bonds is 0. The Balaban J connectivity index is 2.12. The van der Waals surface area contributed by atoms with E-state index in [4.69, 9.17) is 0 Å². The molecule has 0 aromatic rings. The Hall–Kier alpha value is 0. The zero-order valence-corrected chi connectivity index (χ0v) is 6.48. The molecule has 2 rings (SSSR count). The lowest BCUT2D eigenvalue weighted by Gasteiger charge is -2.12. The molecule has 0 aromatic heterocycles. The van der Waals surface area contributed by atoms with Crippen molar-refractivity contribution in [3.05, 3.63) is 0 Å². The summed E-state index contributed by atoms with van der Waals surface area (Å²) in [6.45, 7) is 4.86. The van der Waals surface area contributed by atoms with Gasteiger partial charge in [0.2, 0.25) is 0 Å². The second-order valence-corrected chi connectivity index (χ2v) is 4.13. The highest BCUT2D eigenvalue weighted by Crippen LogP contribution is 2.65. The van der Waals surface area contributed by atoms with Crippen molar-refractivity contribution in [2.75, 3.05) is 0 Å². The highest BCUT2D eigenvalue weighted by molar-refractivity contribution is 5.05. The van der Waals surface area contributed by atoms with Crippen molar-refractivity contribution in [1.29, 1.82) is 0 Å². The van der Waals surface area contributed by atoms with E-state index < -0.39 is 0 Å².